The molecule has 0 N–H and O–H groups in total. The molecule has 0 saturated carbocycles. The zero-order valence-electron chi connectivity index (χ0n) is 12.5. The average molecular weight is 267 g/mol. The highest BCUT2D eigenvalue weighted by Crippen LogP contribution is 2.36. The Kier molecular flexibility index (Phi) is 3.73. The summed E-state index contributed by atoms with van der Waals surface area (Å²) in [5.74, 6) is 0. The normalized spacial score (nSPS) is 18.1. The van der Waals surface area contributed by atoms with Crippen LogP contribution in [0.25, 0.3) is 0 Å². The van der Waals surface area contributed by atoms with Crippen LogP contribution in [0.3, 0.4) is 0 Å². The maximum atomic E-state index is 9.19. The van der Waals surface area contributed by atoms with Gasteiger partial charge in [-0.05, 0) is 29.9 Å². The van der Waals surface area contributed by atoms with Gasteiger partial charge in [-0.25, -0.2) is 0 Å². The van der Waals surface area contributed by atoms with Crippen molar-refractivity contribution in [2.75, 3.05) is 18.0 Å². The van der Waals surface area contributed by atoms with E-state index < -0.39 is 5.41 Å². The van der Waals surface area contributed by atoms with E-state index in [0.717, 1.165) is 13.1 Å². The van der Waals surface area contributed by atoms with Crippen LogP contribution >= 0.6 is 0 Å². The molecule has 3 heteroatoms. The number of anilines is 1. The molecule has 1 aromatic carbocycles. The van der Waals surface area contributed by atoms with Crippen molar-refractivity contribution in [3.05, 3.63) is 29.8 Å². The summed E-state index contributed by atoms with van der Waals surface area (Å²) >= 11 is 0. The fourth-order valence-electron chi connectivity index (χ4n) is 2.76. The summed E-state index contributed by atoms with van der Waals surface area (Å²) < 4.78 is 0. The van der Waals surface area contributed by atoms with Crippen LogP contribution in [0, 0.1) is 28.1 Å². The molecular weight excluding hydrogens is 246 g/mol. The molecule has 0 bridgehead atoms. The van der Waals surface area contributed by atoms with Gasteiger partial charge in [0.2, 0.25) is 0 Å². The summed E-state index contributed by atoms with van der Waals surface area (Å²) in [4.78, 5) is 2.31. The largest absolute Gasteiger partial charge is 0.371 e. The van der Waals surface area contributed by atoms with E-state index in [1.54, 1.807) is 0 Å². The van der Waals surface area contributed by atoms with Gasteiger partial charge in [0.1, 0.15) is 5.41 Å². The van der Waals surface area contributed by atoms with Crippen molar-refractivity contribution in [3.63, 3.8) is 0 Å². The van der Waals surface area contributed by atoms with Crippen molar-refractivity contribution in [1.82, 2.24) is 0 Å². The van der Waals surface area contributed by atoms with E-state index in [1.807, 2.05) is 0 Å². The fraction of sp³-hybridized carbons (Fsp3) is 0.529. The second-order valence-corrected chi connectivity index (χ2v) is 6.56. The molecule has 0 aliphatic carbocycles. The summed E-state index contributed by atoms with van der Waals surface area (Å²) in [5.41, 5.74) is 1.87. The van der Waals surface area contributed by atoms with Gasteiger partial charge < -0.3 is 4.90 Å². The Bertz CT molecular complexity index is 545. The SMILES string of the molecule is CC(C)(C)c1ccccc1N1CCC(C#N)(C#N)CC1. The molecule has 3 nitrogen and oxygen atoms in total. The average Bonchev–Trinajstić information content (AvgIpc) is 2.46. The molecule has 0 unspecified atom stereocenters. The highest BCUT2D eigenvalue weighted by molar-refractivity contribution is 5.57. The molecule has 1 aromatic rings. The van der Waals surface area contributed by atoms with Crippen molar-refractivity contribution in [1.29, 1.82) is 10.5 Å². The molecule has 1 aliphatic rings. The highest BCUT2D eigenvalue weighted by Gasteiger charge is 2.35. The molecule has 104 valence electrons. The molecule has 2 rings (SSSR count). The van der Waals surface area contributed by atoms with Gasteiger partial charge in [0.15, 0.2) is 0 Å². The van der Waals surface area contributed by atoms with Gasteiger partial charge in [0, 0.05) is 18.8 Å². The Morgan fingerprint density at radius 3 is 2.10 bits per heavy atom. The molecule has 1 heterocycles. The van der Waals surface area contributed by atoms with Gasteiger partial charge in [0.25, 0.3) is 0 Å². The minimum atomic E-state index is -0.785. The zero-order chi connectivity index (χ0) is 14.8. The van der Waals surface area contributed by atoms with E-state index in [2.05, 4.69) is 62.1 Å². The van der Waals surface area contributed by atoms with Crippen LogP contribution in [0.5, 0.6) is 0 Å². The first-order chi connectivity index (χ1) is 9.42. The zero-order valence-corrected chi connectivity index (χ0v) is 12.5. The lowest BCUT2D eigenvalue weighted by molar-refractivity contribution is 0.392. The number of rotatable bonds is 1. The van der Waals surface area contributed by atoms with E-state index in [4.69, 9.17) is 0 Å². The minimum Gasteiger partial charge on any atom is -0.371 e. The maximum absolute atomic E-state index is 9.19. The molecule has 1 saturated heterocycles. The van der Waals surface area contributed by atoms with Crippen molar-refractivity contribution in [3.8, 4) is 12.1 Å². The lowest BCUT2D eigenvalue weighted by Gasteiger charge is -2.37. The molecule has 0 aromatic heterocycles. The lowest BCUT2D eigenvalue weighted by Crippen LogP contribution is -2.39. The third-order valence-electron chi connectivity index (χ3n) is 4.10. The second-order valence-electron chi connectivity index (χ2n) is 6.56. The number of nitrogens with zero attached hydrogens (tertiary/aromatic N) is 3. The number of hydrogen-bond acceptors (Lipinski definition) is 3. The van der Waals surface area contributed by atoms with E-state index in [0.29, 0.717) is 12.8 Å². The Labute approximate surface area is 121 Å². The summed E-state index contributed by atoms with van der Waals surface area (Å²) in [7, 11) is 0. The Morgan fingerprint density at radius 2 is 1.60 bits per heavy atom. The summed E-state index contributed by atoms with van der Waals surface area (Å²) in [6.07, 6.45) is 1.25. The monoisotopic (exact) mass is 267 g/mol. The standard InChI is InChI=1S/C17H21N3/c1-16(2,3)14-6-4-5-7-15(14)20-10-8-17(12-18,13-19)9-11-20/h4-7H,8-11H2,1-3H3. The van der Waals surface area contributed by atoms with Crippen LogP contribution in [-0.4, -0.2) is 13.1 Å². The Hall–Kier alpha value is -2.00. The van der Waals surface area contributed by atoms with E-state index in [1.165, 1.54) is 11.3 Å². The molecule has 0 atom stereocenters. The quantitative estimate of drug-likeness (QED) is 0.781. The smallest absolute Gasteiger partial charge is 0.147 e. The van der Waals surface area contributed by atoms with Crippen molar-refractivity contribution < 1.29 is 0 Å². The van der Waals surface area contributed by atoms with E-state index in [9.17, 15) is 10.5 Å². The van der Waals surface area contributed by atoms with Crippen molar-refractivity contribution in [2.45, 2.75) is 39.0 Å². The molecule has 0 spiro atoms. The van der Waals surface area contributed by atoms with Crippen LogP contribution in [0.1, 0.15) is 39.2 Å². The third kappa shape index (κ3) is 2.63. The molecule has 0 radical (unpaired) electrons. The topological polar surface area (TPSA) is 50.8 Å². The number of nitriles is 2. The molecule has 0 amide bonds. The highest BCUT2D eigenvalue weighted by atomic mass is 15.1. The summed E-state index contributed by atoms with van der Waals surface area (Å²) in [6.45, 7) is 8.18. The van der Waals surface area contributed by atoms with Crippen LogP contribution in [0.15, 0.2) is 24.3 Å². The van der Waals surface area contributed by atoms with Gasteiger partial charge in [-0.3, -0.25) is 0 Å². The third-order valence-corrected chi connectivity index (χ3v) is 4.10. The first-order valence-electron chi connectivity index (χ1n) is 7.09. The minimum absolute atomic E-state index is 0.0928. The second kappa shape index (κ2) is 5.17. The van der Waals surface area contributed by atoms with Gasteiger partial charge >= 0.3 is 0 Å². The number of para-hydroxylation sites is 1. The number of hydrogen-bond donors (Lipinski definition) is 0. The predicted octanol–water partition coefficient (Wildman–Crippen LogP) is 3.62. The summed E-state index contributed by atoms with van der Waals surface area (Å²) in [6, 6.07) is 12.8. The molecule has 20 heavy (non-hydrogen) atoms. The van der Waals surface area contributed by atoms with Gasteiger partial charge in [-0.1, -0.05) is 39.0 Å². The van der Waals surface area contributed by atoms with Crippen molar-refractivity contribution in [2.24, 2.45) is 5.41 Å². The maximum Gasteiger partial charge on any atom is 0.147 e. The van der Waals surface area contributed by atoms with Crippen LogP contribution in [-0.2, 0) is 5.41 Å². The summed E-state index contributed by atoms with van der Waals surface area (Å²) in [5, 5.41) is 18.4. The van der Waals surface area contributed by atoms with Gasteiger partial charge in [-0.15, -0.1) is 0 Å². The Balaban J connectivity index is 2.25. The van der Waals surface area contributed by atoms with Crippen LogP contribution in [0.2, 0.25) is 0 Å². The first kappa shape index (κ1) is 14.4. The molecule has 1 fully saturated rings. The van der Waals surface area contributed by atoms with Gasteiger partial charge in [-0.2, -0.15) is 10.5 Å². The van der Waals surface area contributed by atoms with E-state index >= 15 is 0 Å². The van der Waals surface area contributed by atoms with Crippen molar-refractivity contribution >= 4 is 5.69 Å². The van der Waals surface area contributed by atoms with Crippen LogP contribution < -0.4 is 4.90 Å². The first-order valence-corrected chi connectivity index (χ1v) is 7.09. The lowest BCUT2D eigenvalue weighted by atomic mass is 9.80. The van der Waals surface area contributed by atoms with Crippen LogP contribution in [0.4, 0.5) is 5.69 Å². The predicted molar refractivity (Wildman–Crippen MR) is 80.2 cm³/mol. The Morgan fingerprint density at radius 1 is 1.05 bits per heavy atom. The van der Waals surface area contributed by atoms with Gasteiger partial charge in [0.05, 0.1) is 12.1 Å². The molecule has 1 aliphatic heterocycles. The fourth-order valence-corrected chi connectivity index (χ4v) is 2.76. The number of benzene rings is 1. The van der Waals surface area contributed by atoms with E-state index in [-0.39, 0.29) is 5.41 Å². The molecular formula is C17H21N3. The number of piperidine rings is 1.